The quantitative estimate of drug-likeness (QED) is 0.670. The highest BCUT2D eigenvalue weighted by atomic mass is 32.1. The molecule has 102 valence electrons. The Kier molecular flexibility index (Phi) is 4.24. The van der Waals surface area contributed by atoms with Gasteiger partial charge >= 0.3 is 0 Å². The summed E-state index contributed by atoms with van der Waals surface area (Å²) in [6.45, 7) is 3.42. The molecule has 6 heteroatoms. The molecule has 0 aliphatic carbocycles. The first-order valence-electron chi connectivity index (χ1n) is 5.84. The molecule has 1 aromatic heterocycles. The first-order chi connectivity index (χ1) is 9.02. The van der Waals surface area contributed by atoms with Crippen molar-refractivity contribution < 1.29 is 8.78 Å². The zero-order valence-corrected chi connectivity index (χ0v) is 11.5. The molecule has 0 bridgehead atoms. The molecule has 1 heterocycles. The number of aryl methyl sites for hydroxylation is 2. The van der Waals surface area contributed by atoms with Gasteiger partial charge in [-0.1, -0.05) is 12.1 Å². The molecule has 19 heavy (non-hydrogen) atoms. The van der Waals surface area contributed by atoms with E-state index in [2.05, 4.69) is 10.4 Å². The van der Waals surface area contributed by atoms with Crippen molar-refractivity contribution in [2.24, 2.45) is 5.84 Å². The second-order valence-electron chi connectivity index (χ2n) is 4.38. The summed E-state index contributed by atoms with van der Waals surface area (Å²) in [6.07, 6.45) is 0.417. The van der Waals surface area contributed by atoms with E-state index in [1.165, 1.54) is 18.3 Å². The lowest BCUT2D eigenvalue weighted by atomic mass is 10.0. The van der Waals surface area contributed by atoms with Crippen molar-refractivity contribution in [3.05, 3.63) is 51.0 Å². The molecule has 0 spiro atoms. The van der Waals surface area contributed by atoms with Crippen LogP contribution in [0.1, 0.15) is 27.9 Å². The third-order valence-corrected chi connectivity index (χ3v) is 3.78. The Morgan fingerprint density at radius 3 is 2.63 bits per heavy atom. The number of thiazole rings is 1. The predicted molar refractivity (Wildman–Crippen MR) is 71.7 cm³/mol. The summed E-state index contributed by atoms with van der Waals surface area (Å²) in [6, 6.07) is 2.60. The molecule has 2 rings (SSSR count). The van der Waals surface area contributed by atoms with Gasteiger partial charge in [-0.25, -0.2) is 13.8 Å². The van der Waals surface area contributed by atoms with Gasteiger partial charge < -0.3 is 0 Å². The van der Waals surface area contributed by atoms with Crippen LogP contribution < -0.4 is 11.3 Å². The summed E-state index contributed by atoms with van der Waals surface area (Å²) in [5.74, 6) is 3.77. The highest BCUT2D eigenvalue weighted by molar-refractivity contribution is 7.09. The SMILES string of the molecule is Cc1nc(CC(NN)c2ccc(C)c(F)c2F)cs1. The van der Waals surface area contributed by atoms with E-state index in [0.29, 0.717) is 6.42 Å². The third kappa shape index (κ3) is 2.97. The van der Waals surface area contributed by atoms with Crippen molar-refractivity contribution >= 4 is 11.3 Å². The lowest BCUT2D eigenvalue weighted by Gasteiger charge is -2.16. The highest BCUT2D eigenvalue weighted by Crippen LogP contribution is 2.24. The molecule has 0 aliphatic heterocycles. The maximum Gasteiger partial charge on any atom is 0.163 e. The van der Waals surface area contributed by atoms with Gasteiger partial charge in [0.15, 0.2) is 11.6 Å². The second kappa shape index (κ2) is 5.73. The van der Waals surface area contributed by atoms with Crippen LogP contribution in [0.25, 0.3) is 0 Å². The molecule has 0 amide bonds. The fourth-order valence-electron chi connectivity index (χ4n) is 1.90. The van der Waals surface area contributed by atoms with Crippen molar-refractivity contribution in [3.8, 4) is 0 Å². The Hall–Kier alpha value is -1.37. The molecular formula is C13H15F2N3S. The van der Waals surface area contributed by atoms with Crippen LogP contribution in [-0.4, -0.2) is 4.98 Å². The van der Waals surface area contributed by atoms with Crippen molar-refractivity contribution in [2.45, 2.75) is 26.3 Å². The molecule has 1 aromatic carbocycles. The van der Waals surface area contributed by atoms with E-state index in [0.717, 1.165) is 10.7 Å². The molecule has 0 radical (unpaired) electrons. The average Bonchev–Trinajstić information content (AvgIpc) is 2.80. The largest absolute Gasteiger partial charge is 0.271 e. The number of hydrogen-bond donors (Lipinski definition) is 2. The first-order valence-corrected chi connectivity index (χ1v) is 6.72. The maximum absolute atomic E-state index is 13.9. The second-order valence-corrected chi connectivity index (χ2v) is 5.44. The third-order valence-electron chi connectivity index (χ3n) is 2.96. The van der Waals surface area contributed by atoms with Crippen LogP contribution in [0.2, 0.25) is 0 Å². The lowest BCUT2D eigenvalue weighted by molar-refractivity contribution is 0.459. The monoisotopic (exact) mass is 283 g/mol. The van der Waals surface area contributed by atoms with Gasteiger partial charge in [-0.15, -0.1) is 11.3 Å². The fraction of sp³-hybridized carbons (Fsp3) is 0.308. The summed E-state index contributed by atoms with van der Waals surface area (Å²) in [7, 11) is 0. The maximum atomic E-state index is 13.9. The van der Waals surface area contributed by atoms with Crippen molar-refractivity contribution in [1.29, 1.82) is 0 Å². The van der Waals surface area contributed by atoms with Crippen LogP contribution in [-0.2, 0) is 6.42 Å². The van der Waals surface area contributed by atoms with Gasteiger partial charge in [0.1, 0.15) is 0 Å². The van der Waals surface area contributed by atoms with E-state index in [9.17, 15) is 8.78 Å². The van der Waals surface area contributed by atoms with Gasteiger partial charge in [-0.2, -0.15) is 0 Å². The van der Waals surface area contributed by atoms with Crippen molar-refractivity contribution in [3.63, 3.8) is 0 Å². The molecule has 0 fully saturated rings. The minimum absolute atomic E-state index is 0.219. The summed E-state index contributed by atoms with van der Waals surface area (Å²) in [4.78, 5) is 4.30. The van der Waals surface area contributed by atoms with Gasteiger partial charge in [0.25, 0.3) is 0 Å². The van der Waals surface area contributed by atoms with Crippen LogP contribution in [0.3, 0.4) is 0 Å². The van der Waals surface area contributed by atoms with Crippen LogP contribution in [0.4, 0.5) is 8.78 Å². The molecule has 0 aliphatic rings. The van der Waals surface area contributed by atoms with Crippen molar-refractivity contribution in [2.75, 3.05) is 0 Å². The molecular weight excluding hydrogens is 268 g/mol. The van der Waals surface area contributed by atoms with Gasteiger partial charge in [-0.3, -0.25) is 11.3 Å². The Labute approximate surface area is 114 Å². The number of nitrogens with two attached hydrogens (primary N) is 1. The van der Waals surface area contributed by atoms with Gasteiger partial charge in [0.2, 0.25) is 0 Å². The summed E-state index contributed by atoms with van der Waals surface area (Å²) >= 11 is 1.51. The lowest BCUT2D eigenvalue weighted by Crippen LogP contribution is -2.30. The Balaban J connectivity index is 2.29. The Morgan fingerprint density at radius 2 is 2.05 bits per heavy atom. The standard InChI is InChI=1S/C13H15F2N3S/c1-7-3-4-10(13(15)12(7)14)11(18-16)5-9-6-19-8(2)17-9/h3-4,6,11,18H,5,16H2,1-2H3. The average molecular weight is 283 g/mol. The van der Waals surface area contributed by atoms with Gasteiger partial charge in [0, 0.05) is 17.4 Å². The smallest absolute Gasteiger partial charge is 0.163 e. The molecule has 0 saturated heterocycles. The van der Waals surface area contributed by atoms with Gasteiger partial charge in [-0.05, 0) is 19.4 Å². The minimum Gasteiger partial charge on any atom is -0.271 e. The number of benzene rings is 1. The van der Waals surface area contributed by atoms with Gasteiger partial charge in [0.05, 0.1) is 16.7 Å². The van der Waals surface area contributed by atoms with Crippen LogP contribution in [0, 0.1) is 25.5 Å². The number of halogens is 2. The number of aromatic nitrogens is 1. The normalized spacial score (nSPS) is 12.7. The van der Waals surface area contributed by atoms with Crippen LogP contribution in [0.15, 0.2) is 17.5 Å². The van der Waals surface area contributed by atoms with Crippen LogP contribution >= 0.6 is 11.3 Å². The molecule has 1 unspecified atom stereocenters. The van der Waals surface area contributed by atoms with E-state index >= 15 is 0 Å². The number of hydrogen-bond acceptors (Lipinski definition) is 4. The summed E-state index contributed by atoms with van der Waals surface area (Å²) in [5.41, 5.74) is 3.83. The number of nitrogens with zero attached hydrogens (tertiary/aromatic N) is 1. The van der Waals surface area contributed by atoms with E-state index in [1.807, 2.05) is 12.3 Å². The fourth-order valence-corrected chi connectivity index (χ4v) is 2.53. The minimum atomic E-state index is -0.852. The van der Waals surface area contributed by atoms with E-state index < -0.39 is 17.7 Å². The first kappa shape index (κ1) is 14.0. The molecule has 3 N–H and O–H groups in total. The molecule has 0 saturated carbocycles. The van der Waals surface area contributed by atoms with E-state index in [-0.39, 0.29) is 11.1 Å². The predicted octanol–water partition coefficient (Wildman–Crippen LogP) is 2.79. The van der Waals surface area contributed by atoms with Crippen LogP contribution in [0.5, 0.6) is 0 Å². The topological polar surface area (TPSA) is 50.9 Å². The zero-order valence-electron chi connectivity index (χ0n) is 10.7. The molecule has 2 aromatic rings. The Bertz CT molecular complexity index is 583. The van der Waals surface area contributed by atoms with E-state index in [1.54, 1.807) is 12.1 Å². The number of rotatable bonds is 4. The molecule has 1 atom stereocenters. The highest BCUT2D eigenvalue weighted by Gasteiger charge is 2.19. The summed E-state index contributed by atoms with van der Waals surface area (Å²) < 4.78 is 27.5. The number of nitrogens with one attached hydrogen (secondary N) is 1. The summed E-state index contributed by atoms with van der Waals surface area (Å²) in [5, 5.41) is 2.82. The Morgan fingerprint density at radius 1 is 1.32 bits per heavy atom. The van der Waals surface area contributed by atoms with Crippen molar-refractivity contribution in [1.82, 2.24) is 10.4 Å². The van der Waals surface area contributed by atoms with E-state index in [4.69, 9.17) is 5.84 Å². The molecule has 3 nitrogen and oxygen atoms in total. The number of hydrazine groups is 1. The zero-order chi connectivity index (χ0) is 14.0.